The van der Waals surface area contributed by atoms with Crippen molar-refractivity contribution in [1.82, 2.24) is 4.90 Å². The highest BCUT2D eigenvalue weighted by Gasteiger charge is 1.99. The molecule has 0 saturated heterocycles. The molecule has 1 rings (SSSR count). The molecule has 0 aliphatic carbocycles. The molecule has 0 atom stereocenters. The number of alkyl halides is 1. The Morgan fingerprint density at radius 2 is 1.65 bits per heavy atom. The van der Waals surface area contributed by atoms with Crippen molar-refractivity contribution in [3.05, 3.63) is 35.9 Å². The second-order valence-electron chi connectivity index (χ2n) is 4.64. The average molecular weight is 254 g/mol. The fraction of sp³-hybridized carbons (Fsp3) is 0.600. The predicted octanol–water partition coefficient (Wildman–Crippen LogP) is 3.96. The topological polar surface area (TPSA) is 3.24 Å². The molecule has 0 fully saturated rings. The van der Waals surface area contributed by atoms with Crippen molar-refractivity contribution < 1.29 is 0 Å². The number of halogens is 1. The first kappa shape index (κ1) is 14.5. The molecule has 96 valence electrons. The van der Waals surface area contributed by atoms with Crippen molar-refractivity contribution in [3.63, 3.8) is 0 Å². The molecule has 0 N–H and O–H groups in total. The van der Waals surface area contributed by atoms with Crippen LogP contribution in [0.5, 0.6) is 0 Å². The van der Waals surface area contributed by atoms with Crippen LogP contribution in [-0.4, -0.2) is 30.9 Å². The molecular weight excluding hydrogens is 230 g/mol. The minimum absolute atomic E-state index is 0.809. The summed E-state index contributed by atoms with van der Waals surface area (Å²) in [6.07, 6.45) is 6.19. The SMILES string of the molecule is CN(CCCCCCCl)CCc1ccccc1. The smallest absolute Gasteiger partial charge is 0.0223 e. The summed E-state index contributed by atoms with van der Waals surface area (Å²) < 4.78 is 0. The van der Waals surface area contributed by atoms with Gasteiger partial charge in [0.05, 0.1) is 0 Å². The molecule has 0 heterocycles. The summed E-state index contributed by atoms with van der Waals surface area (Å²) in [5.74, 6) is 0.809. The molecule has 1 aromatic rings. The molecule has 1 nitrogen and oxygen atoms in total. The average Bonchev–Trinajstić information content (AvgIpc) is 2.37. The van der Waals surface area contributed by atoms with E-state index in [0.29, 0.717) is 0 Å². The van der Waals surface area contributed by atoms with Gasteiger partial charge in [-0.15, -0.1) is 11.6 Å². The minimum Gasteiger partial charge on any atom is -0.306 e. The Balaban J connectivity index is 2.03. The van der Waals surface area contributed by atoms with Crippen LogP contribution < -0.4 is 0 Å². The highest BCUT2D eigenvalue weighted by molar-refractivity contribution is 6.17. The molecule has 0 amide bonds. The molecule has 0 aliphatic heterocycles. The standard InChI is InChI=1S/C15H24ClN/c1-17(13-8-3-2-7-12-16)14-11-15-9-5-4-6-10-15/h4-6,9-10H,2-3,7-8,11-14H2,1H3. The number of unbranched alkanes of at least 4 members (excludes halogenated alkanes) is 3. The van der Waals surface area contributed by atoms with Crippen molar-refractivity contribution in [2.24, 2.45) is 0 Å². The van der Waals surface area contributed by atoms with Crippen molar-refractivity contribution >= 4 is 11.6 Å². The highest BCUT2D eigenvalue weighted by Crippen LogP contribution is 2.04. The first-order chi connectivity index (χ1) is 8.33. The fourth-order valence-corrected chi connectivity index (χ4v) is 2.10. The zero-order chi connectivity index (χ0) is 12.3. The Hall–Kier alpha value is -0.530. The maximum absolute atomic E-state index is 5.65. The first-order valence-electron chi connectivity index (χ1n) is 6.61. The second-order valence-corrected chi connectivity index (χ2v) is 5.02. The number of likely N-dealkylation sites (N-methyl/N-ethyl adjacent to an activating group) is 1. The Kier molecular flexibility index (Phi) is 8.12. The van der Waals surface area contributed by atoms with Crippen LogP contribution in [0.2, 0.25) is 0 Å². The summed E-state index contributed by atoms with van der Waals surface area (Å²) in [6.45, 7) is 2.36. The van der Waals surface area contributed by atoms with Gasteiger partial charge in [0.15, 0.2) is 0 Å². The third-order valence-electron chi connectivity index (χ3n) is 3.05. The van der Waals surface area contributed by atoms with Crippen molar-refractivity contribution in [3.8, 4) is 0 Å². The van der Waals surface area contributed by atoms with Crippen molar-refractivity contribution in [2.45, 2.75) is 32.1 Å². The van der Waals surface area contributed by atoms with E-state index in [-0.39, 0.29) is 0 Å². The molecule has 2 heteroatoms. The van der Waals surface area contributed by atoms with Crippen LogP contribution in [-0.2, 0) is 6.42 Å². The van der Waals surface area contributed by atoms with Gasteiger partial charge in [-0.1, -0.05) is 43.2 Å². The van der Waals surface area contributed by atoms with E-state index in [1.54, 1.807) is 0 Å². The summed E-state index contributed by atoms with van der Waals surface area (Å²) in [4.78, 5) is 2.42. The lowest BCUT2D eigenvalue weighted by Gasteiger charge is -2.16. The van der Waals surface area contributed by atoms with Crippen LogP contribution in [0.15, 0.2) is 30.3 Å². The largest absolute Gasteiger partial charge is 0.306 e. The molecular formula is C15H24ClN. The summed E-state index contributed by atoms with van der Waals surface area (Å²) in [6, 6.07) is 10.7. The summed E-state index contributed by atoms with van der Waals surface area (Å²) in [5.41, 5.74) is 1.43. The van der Waals surface area contributed by atoms with E-state index in [2.05, 4.69) is 42.3 Å². The second kappa shape index (κ2) is 9.49. The third-order valence-corrected chi connectivity index (χ3v) is 3.32. The summed E-state index contributed by atoms with van der Waals surface area (Å²) in [7, 11) is 2.21. The van der Waals surface area contributed by atoms with Crippen LogP contribution >= 0.6 is 11.6 Å². The molecule has 1 aromatic carbocycles. The highest BCUT2D eigenvalue weighted by atomic mass is 35.5. The fourth-order valence-electron chi connectivity index (χ4n) is 1.91. The normalized spacial score (nSPS) is 11.0. The van der Waals surface area contributed by atoms with Gasteiger partial charge in [-0.3, -0.25) is 0 Å². The zero-order valence-corrected chi connectivity index (χ0v) is 11.6. The van der Waals surface area contributed by atoms with E-state index < -0.39 is 0 Å². The zero-order valence-electron chi connectivity index (χ0n) is 10.9. The first-order valence-corrected chi connectivity index (χ1v) is 7.15. The lowest BCUT2D eigenvalue weighted by atomic mass is 10.1. The van der Waals surface area contributed by atoms with Crippen molar-refractivity contribution in [1.29, 1.82) is 0 Å². The quantitative estimate of drug-likeness (QED) is 0.476. The summed E-state index contributed by atoms with van der Waals surface area (Å²) >= 11 is 5.65. The Labute approximate surface area is 111 Å². The van der Waals surface area contributed by atoms with E-state index in [1.165, 1.54) is 31.4 Å². The van der Waals surface area contributed by atoms with E-state index in [4.69, 9.17) is 11.6 Å². The maximum atomic E-state index is 5.65. The third kappa shape index (κ3) is 7.40. The Bertz CT molecular complexity index is 274. The molecule has 0 spiro atoms. The molecule has 0 radical (unpaired) electrons. The van der Waals surface area contributed by atoms with Crippen LogP contribution in [0.25, 0.3) is 0 Å². The number of rotatable bonds is 9. The van der Waals surface area contributed by atoms with Crippen LogP contribution in [0.1, 0.15) is 31.2 Å². The van der Waals surface area contributed by atoms with Gasteiger partial charge in [-0.05, 0) is 38.4 Å². The minimum atomic E-state index is 0.809. The number of nitrogens with zero attached hydrogens (tertiary/aromatic N) is 1. The van der Waals surface area contributed by atoms with Crippen LogP contribution in [0, 0.1) is 0 Å². The predicted molar refractivity (Wildman–Crippen MR) is 76.8 cm³/mol. The molecule has 0 aliphatic rings. The van der Waals surface area contributed by atoms with Crippen molar-refractivity contribution in [2.75, 3.05) is 26.0 Å². The van der Waals surface area contributed by atoms with Gasteiger partial charge >= 0.3 is 0 Å². The van der Waals surface area contributed by atoms with Gasteiger partial charge in [-0.2, -0.15) is 0 Å². The molecule has 0 unspecified atom stereocenters. The Morgan fingerprint density at radius 3 is 2.35 bits per heavy atom. The number of hydrogen-bond donors (Lipinski definition) is 0. The monoisotopic (exact) mass is 253 g/mol. The lowest BCUT2D eigenvalue weighted by Crippen LogP contribution is -2.22. The van der Waals surface area contributed by atoms with E-state index in [1.807, 2.05) is 0 Å². The van der Waals surface area contributed by atoms with Gasteiger partial charge in [0.25, 0.3) is 0 Å². The molecule has 17 heavy (non-hydrogen) atoms. The van der Waals surface area contributed by atoms with Gasteiger partial charge < -0.3 is 4.90 Å². The molecule has 0 saturated carbocycles. The summed E-state index contributed by atoms with van der Waals surface area (Å²) in [5, 5.41) is 0. The lowest BCUT2D eigenvalue weighted by molar-refractivity contribution is 0.328. The van der Waals surface area contributed by atoms with Gasteiger partial charge in [-0.25, -0.2) is 0 Å². The van der Waals surface area contributed by atoms with E-state index in [9.17, 15) is 0 Å². The van der Waals surface area contributed by atoms with E-state index >= 15 is 0 Å². The maximum Gasteiger partial charge on any atom is 0.0223 e. The molecule has 0 aromatic heterocycles. The van der Waals surface area contributed by atoms with Gasteiger partial charge in [0, 0.05) is 12.4 Å². The van der Waals surface area contributed by atoms with Crippen LogP contribution in [0.3, 0.4) is 0 Å². The number of hydrogen-bond acceptors (Lipinski definition) is 1. The number of benzene rings is 1. The molecule has 0 bridgehead atoms. The van der Waals surface area contributed by atoms with Gasteiger partial charge in [0.2, 0.25) is 0 Å². The Morgan fingerprint density at radius 1 is 0.941 bits per heavy atom. The van der Waals surface area contributed by atoms with Gasteiger partial charge in [0.1, 0.15) is 0 Å². The van der Waals surface area contributed by atoms with Crippen LogP contribution in [0.4, 0.5) is 0 Å². The van der Waals surface area contributed by atoms with E-state index in [0.717, 1.165) is 25.3 Å².